The number of fused-ring (bicyclic) bond motifs is 6. The quantitative estimate of drug-likeness (QED) is 0.127. The van der Waals surface area contributed by atoms with E-state index < -0.39 is 0 Å². The highest BCUT2D eigenvalue weighted by molar-refractivity contribution is 6.77. The van der Waals surface area contributed by atoms with E-state index >= 15 is 0 Å². The molecule has 10 rings (SSSR count). The Balaban J connectivity index is 1.37. The fourth-order valence-electron chi connectivity index (χ4n) is 15.9. The van der Waals surface area contributed by atoms with Crippen LogP contribution in [0.4, 0.5) is 0 Å². The van der Waals surface area contributed by atoms with Crippen molar-refractivity contribution in [3.63, 3.8) is 0 Å². The van der Waals surface area contributed by atoms with Gasteiger partial charge in [-0.3, -0.25) is 0 Å². The van der Waals surface area contributed by atoms with Crippen molar-refractivity contribution in [2.24, 2.45) is 0 Å². The van der Waals surface area contributed by atoms with E-state index in [1.807, 2.05) is 0 Å². The summed E-state index contributed by atoms with van der Waals surface area (Å²) in [4.78, 5) is 0. The molecule has 0 N–H and O–H groups in total. The number of rotatable bonds is 4. The molecule has 0 radical (unpaired) electrons. The lowest BCUT2D eigenvalue weighted by Gasteiger charge is -2.33. The zero-order chi connectivity index (χ0) is 58.4. The molecule has 0 aliphatic rings. The third-order valence-corrected chi connectivity index (χ3v) is 22.7. The second kappa shape index (κ2) is 19.6. The normalized spacial score (nSPS) is 11.8. The SMILES string of the molecule is Bc1c(B)c(B)c(-c2c(B)c(B)c(-c3c4c(B)c(B)c(B)c(B)c4c(-c4c(B)c(B)c(-c5c(B)c(B)c6oc7c(B)c8c(B)c(B)c(B)c(B)c8c(B)c7c6c5B)c(B)c4B)c4c(B)c(B)c(B)c(B)c34)c(B)c2B)c(B)c1B. The van der Waals surface area contributed by atoms with E-state index in [0.717, 1.165) is 11.2 Å². The molecule has 348 valence electrons. The van der Waals surface area contributed by atoms with Gasteiger partial charge in [0.15, 0.2) is 0 Å². The molecular weight excluding hydrogens is 917 g/mol. The van der Waals surface area contributed by atoms with Gasteiger partial charge in [-0.25, -0.2) is 0 Å². The zero-order valence-corrected chi connectivity index (χ0v) is 54.4. The number of furan rings is 1. The molecule has 9 aromatic carbocycles. The summed E-state index contributed by atoms with van der Waals surface area (Å²) >= 11 is 0. The minimum atomic E-state index is 1.03. The van der Waals surface area contributed by atoms with Crippen molar-refractivity contribution in [2.75, 3.05) is 0 Å². The molecule has 1 aromatic heterocycles. The monoisotopic (exact) mass is 983 g/mol. The van der Waals surface area contributed by atoms with Gasteiger partial charge in [-0.05, 0) is 82.3 Å². The molecule has 0 spiro atoms. The maximum absolute atomic E-state index is 7.18. The molecule has 79 heavy (non-hydrogen) atoms. The highest BCUT2D eigenvalue weighted by Crippen LogP contribution is 2.39. The first-order chi connectivity index (χ1) is 36.8. The maximum atomic E-state index is 7.18. The lowest BCUT2D eigenvalue weighted by molar-refractivity contribution is 0.675. The van der Waals surface area contributed by atoms with Crippen molar-refractivity contribution in [3.8, 4) is 44.5 Å². The van der Waals surface area contributed by atoms with Crippen molar-refractivity contribution in [1.82, 2.24) is 0 Å². The summed E-state index contributed by atoms with van der Waals surface area (Å²) in [6.07, 6.45) is 0. The van der Waals surface area contributed by atoms with Crippen molar-refractivity contribution < 1.29 is 4.42 Å². The molecule has 0 fully saturated rings. The van der Waals surface area contributed by atoms with Gasteiger partial charge in [0, 0.05) is 10.8 Å². The van der Waals surface area contributed by atoms with E-state index in [4.69, 9.17) is 4.42 Å². The smallest absolute Gasteiger partial charge is 0.145 e. The Hall–Kier alpha value is -4.49. The fraction of sp³-hybridized carbons (Fsp3) is 0. The van der Waals surface area contributed by atoms with E-state index in [0.29, 0.717) is 0 Å². The summed E-state index contributed by atoms with van der Waals surface area (Å²) in [5.74, 6) is 0. The maximum Gasteiger partial charge on any atom is 0.145 e. The van der Waals surface area contributed by atoms with E-state index in [9.17, 15) is 0 Å². The second-order valence-electron chi connectivity index (χ2n) is 25.5. The first-order valence-corrected chi connectivity index (χ1v) is 29.4. The van der Waals surface area contributed by atoms with E-state index in [-0.39, 0.29) is 0 Å². The molecule has 0 aliphatic carbocycles. The third kappa shape index (κ3) is 7.52. The first-order valence-electron chi connectivity index (χ1n) is 29.4. The largest absolute Gasteiger partial charge is 0.457 e. The minimum Gasteiger partial charge on any atom is -0.457 e. The molecular formula is C48H60B30O. The zero-order valence-electron chi connectivity index (χ0n) is 54.4. The Morgan fingerprint density at radius 2 is 0.291 bits per heavy atom. The average Bonchev–Trinajstić information content (AvgIpc) is 4.01. The van der Waals surface area contributed by atoms with Gasteiger partial charge in [0.2, 0.25) is 0 Å². The topological polar surface area (TPSA) is 13.1 Å². The lowest BCUT2D eigenvalue weighted by Crippen LogP contribution is -2.57. The fourth-order valence-corrected chi connectivity index (χ4v) is 15.9. The number of hydrogen-bond donors (Lipinski definition) is 0. The van der Waals surface area contributed by atoms with Crippen LogP contribution in [0, 0.1) is 0 Å². The van der Waals surface area contributed by atoms with Crippen LogP contribution in [0.3, 0.4) is 0 Å². The molecule has 0 saturated heterocycles. The van der Waals surface area contributed by atoms with E-state index in [2.05, 4.69) is 235 Å². The first kappa shape index (κ1) is 57.7. The highest BCUT2D eigenvalue weighted by Gasteiger charge is 2.32. The van der Waals surface area contributed by atoms with Gasteiger partial charge in [0.1, 0.15) is 247 Å². The van der Waals surface area contributed by atoms with Crippen molar-refractivity contribution in [1.29, 1.82) is 0 Å². The summed E-state index contributed by atoms with van der Waals surface area (Å²) in [5, 5.41) is 10.9. The summed E-state index contributed by atoms with van der Waals surface area (Å²) in [6, 6.07) is 0. The average molecular weight is 977 g/mol. The molecule has 0 amide bonds. The Bertz CT molecular complexity index is 4430. The Labute approximate surface area is 498 Å². The molecule has 0 saturated carbocycles. The third-order valence-electron chi connectivity index (χ3n) is 22.7. The van der Waals surface area contributed by atoms with E-state index in [1.165, 1.54) is 251 Å². The predicted molar refractivity (Wildman–Crippen MR) is 453 cm³/mol. The Morgan fingerprint density at radius 3 is 0.595 bits per heavy atom. The highest BCUT2D eigenvalue weighted by atomic mass is 16.3. The van der Waals surface area contributed by atoms with Crippen LogP contribution in [-0.4, -0.2) is 235 Å². The van der Waals surface area contributed by atoms with Crippen LogP contribution in [0.25, 0.3) is 98.8 Å². The van der Waals surface area contributed by atoms with Crippen LogP contribution in [0.15, 0.2) is 4.42 Å². The van der Waals surface area contributed by atoms with Crippen LogP contribution >= 0.6 is 0 Å². The van der Waals surface area contributed by atoms with Crippen molar-refractivity contribution >= 4 is 454 Å². The molecule has 1 heterocycles. The van der Waals surface area contributed by atoms with Gasteiger partial charge < -0.3 is 4.42 Å². The standard InChI is InChI=1S/C48H60B30O/c49-17-9(35(67)46(78)48-16(17)15-18(50)10-14(36(68)47(15)79-48)34(66)42(74)41(73)31(10)63)11-27(59)23(55)7(24(56)28(11)60)1-3-5(21(53)39(71)37(69)19(3)51)2(6-4(1)20(52)38(70)40(72)22(6)54)8-25(57)29(61)12(30(62)26(8)58)13-32(64)43(75)45(77)44(76)33(13)65/h49-78H2. The molecule has 1 nitrogen and oxygen atoms in total. The Morgan fingerprint density at radius 1 is 0.114 bits per heavy atom. The van der Waals surface area contributed by atoms with Crippen LogP contribution < -0.4 is 164 Å². The van der Waals surface area contributed by atoms with Crippen LogP contribution in [0.5, 0.6) is 0 Å². The van der Waals surface area contributed by atoms with Crippen molar-refractivity contribution in [3.05, 3.63) is 0 Å². The van der Waals surface area contributed by atoms with Gasteiger partial charge in [-0.2, -0.15) is 0 Å². The number of hydrogen-bond acceptors (Lipinski definition) is 1. The second-order valence-corrected chi connectivity index (χ2v) is 25.5. The number of benzene rings is 9. The van der Waals surface area contributed by atoms with Crippen LogP contribution in [-0.2, 0) is 0 Å². The molecule has 0 aliphatic heterocycles. The summed E-state index contributed by atoms with van der Waals surface area (Å²) in [5.41, 5.74) is 54.3. The van der Waals surface area contributed by atoms with Crippen molar-refractivity contribution in [2.45, 2.75) is 0 Å². The van der Waals surface area contributed by atoms with E-state index in [1.54, 1.807) is 0 Å². The van der Waals surface area contributed by atoms with Gasteiger partial charge in [0.05, 0.1) is 0 Å². The summed E-state index contributed by atoms with van der Waals surface area (Å²) < 4.78 is 7.18. The van der Waals surface area contributed by atoms with Gasteiger partial charge in [-0.1, -0.05) is 109 Å². The van der Waals surface area contributed by atoms with Crippen LogP contribution in [0.1, 0.15) is 0 Å². The van der Waals surface area contributed by atoms with Crippen LogP contribution in [0.2, 0.25) is 0 Å². The Kier molecular flexibility index (Phi) is 14.3. The molecule has 0 bridgehead atoms. The van der Waals surface area contributed by atoms with Gasteiger partial charge >= 0.3 is 0 Å². The van der Waals surface area contributed by atoms with Gasteiger partial charge in [-0.15, -0.1) is 49.2 Å². The summed E-state index contributed by atoms with van der Waals surface area (Å²) in [7, 11) is 71.1. The molecule has 31 heteroatoms. The predicted octanol–water partition coefficient (Wildman–Crippen LogP) is -38.5. The summed E-state index contributed by atoms with van der Waals surface area (Å²) in [6.45, 7) is 0. The lowest BCUT2D eigenvalue weighted by atomic mass is 9.54. The molecule has 10 aromatic rings. The molecule has 0 unspecified atom stereocenters. The minimum absolute atomic E-state index is 1.03. The van der Waals surface area contributed by atoms with Gasteiger partial charge in [0.25, 0.3) is 0 Å². The molecule has 0 atom stereocenters.